The lowest BCUT2D eigenvalue weighted by Crippen LogP contribution is -2.20. The molecule has 0 spiro atoms. The smallest absolute Gasteiger partial charge is 0.321 e. The molecule has 122 valence electrons. The molecule has 0 saturated heterocycles. The standard InChI is InChI=1S/C12H22N8O2/c1-19(2)7-5-13-11-15-9(17-21-11)10-16-12(22-18-10)14-6-8-20(3)4/h5-8H2,1-4H3,(H,13,15,17)(H,14,16,18). The number of aromatic nitrogens is 4. The lowest BCUT2D eigenvalue weighted by atomic mass is 10.5. The van der Waals surface area contributed by atoms with Gasteiger partial charge in [-0.25, -0.2) is 0 Å². The number of hydrogen-bond acceptors (Lipinski definition) is 10. The van der Waals surface area contributed by atoms with E-state index in [2.05, 4.69) is 40.7 Å². The topological polar surface area (TPSA) is 108 Å². The van der Waals surface area contributed by atoms with Crippen LogP contribution >= 0.6 is 0 Å². The normalized spacial score (nSPS) is 11.4. The second kappa shape index (κ2) is 7.71. The average molecular weight is 310 g/mol. The van der Waals surface area contributed by atoms with Crippen LogP contribution in [0, 0.1) is 0 Å². The maximum absolute atomic E-state index is 5.08. The third-order valence-corrected chi connectivity index (χ3v) is 2.72. The summed E-state index contributed by atoms with van der Waals surface area (Å²) in [6.45, 7) is 3.14. The summed E-state index contributed by atoms with van der Waals surface area (Å²) >= 11 is 0. The van der Waals surface area contributed by atoms with Gasteiger partial charge in [-0.05, 0) is 28.2 Å². The van der Waals surface area contributed by atoms with E-state index in [0.717, 1.165) is 13.1 Å². The van der Waals surface area contributed by atoms with Crippen LogP contribution < -0.4 is 10.6 Å². The zero-order valence-corrected chi connectivity index (χ0v) is 13.3. The first kappa shape index (κ1) is 16.2. The van der Waals surface area contributed by atoms with Crippen molar-refractivity contribution >= 4 is 12.0 Å². The van der Waals surface area contributed by atoms with E-state index in [1.165, 1.54) is 0 Å². The molecule has 0 bridgehead atoms. The molecule has 22 heavy (non-hydrogen) atoms. The Kier molecular flexibility index (Phi) is 5.67. The van der Waals surface area contributed by atoms with Crippen LogP contribution in [0.1, 0.15) is 0 Å². The first-order chi connectivity index (χ1) is 10.5. The van der Waals surface area contributed by atoms with Gasteiger partial charge in [-0.1, -0.05) is 10.3 Å². The number of hydrogen-bond donors (Lipinski definition) is 2. The zero-order valence-electron chi connectivity index (χ0n) is 13.3. The summed E-state index contributed by atoms with van der Waals surface area (Å²) in [4.78, 5) is 12.4. The number of anilines is 2. The average Bonchev–Trinajstić information content (AvgIpc) is 3.06. The highest BCUT2D eigenvalue weighted by Crippen LogP contribution is 2.15. The van der Waals surface area contributed by atoms with Crippen molar-refractivity contribution in [3.8, 4) is 11.6 Å². The van der Waals surface area contributed by atoms with Crippen LogP contribution in [-0.2, 0) is 0 Å². The first-order valence-corrected chi connectivity index (χ1v) is 6.99. The van der Waals surface area contributed by atoms with Gasteiger partial charge in [-0.3, -0.25) is 0 Å². The van der Waals surface area contributed by atoms with E-state index in [1.807, 2.05) is 28.2 Å². The summed E-state index contributed by atoms with van der Waals surface area (Å²) in [5, 5.41) is 13.7. The molecule has 0 aromatic carbocycles. The molecule has 0 aliphatic heterocycles. The highest BCUT2D eigenvalue weighted by molar-refractivity contribution is 5.45. The molecule has 2 rings (SSSR count). The number of nitrogens with one attached hydrogen (secondary N) is 2. The minimum Gasteiger partial charge on any atom is -0.336 e. The van der Waals surface area contributed by atoms with Crippen molar-refractivity contribution in [3.05, 3.63) is 0 Å². The van der Waals surface area contributed by atoms with E-state index in [9.17, 15) is 0 Å². The van der Waals surface area contributed by atoms with Crippen molar-refractivity contribution in [3.63, 3.8) is 0 Å². The minimum absolute atomic E-state index is 0.289. The summed E-state index contributed by atoms with van der Waals surface area (Å²) in [5.41, 5.74) is 0. The quantitative estimate of drug-likeness (QED) is 0.660. The van der Waals surface area contributed by atoms with Gasteiger partial charge in [0.05, 0.1) is 0 Å². The van der Waals surface area contributed by atoms with Crippen LogP contribution in [0.5, 0.6) is 0 Å². The third kappa shape index (κ3) is 4.97. The van der Waals surface area contributed by atoms with Gasteiger partial charge in [0, 0.05) is 26.2 Å². The Hall–Kier alpha value is -2.20. The Bertz CT molecular complexity index is 515. The van der Waals surface area contributed by atoms with E-state index in [4.69, 9.17) is 9.05 Å². The Morgan fingerprint density at radius 3 is 1.55 bits per heavy atom. The fraction of sp³-hybridized carbons (Fsp3) is 0.667. The molecule has 10 nitrogen and oxygen atoms in total. The van der Waals surface area contributed by atoms with Crippen LogP contribution in [0.4, 0.5) is 12.0 Å². The molecule has 2 aromatic rings. The van der Waals surface area contributed by atoms with Crippen LogP contribution in [0.15, 0.2) is 9.05 Å². The first-order valence-electron chi connectivity index (χ1n) is 6.99. The zero-order chi connectivity index (χ0) is 15.9. The largest absolute Gasteiger partial charge is 0.336 e. The Balaban J connectivity index is 1.86. The monoisotopic (exact) mass is 310 g/mol. The molecular weight excluding hydrogens is 288 g/mol. The molecule has 0 fully saturated rings. The van der Waals surface area contributed by atoms with Crippen LogP contribution in [0.3, 0.4) is 0 Å². The second-order valence-electron chi connectivity index (χ2n) is 5.31. The molecule has 0 radical (unpaired) electrons. The Labute approximate surface area is 128 Å². The molecular formula is C12H22N8O2. The van der Waals surface area contributed by atoms with Crippen molar-refractivity contribution in [2.45, 2.75) is 0 Å². The van der Waals surface area contributed by atoms with Crippen LogP contribution in [-0.4, -0.2) is 84.5 Å². The fourth-order valence-corrected chi connectivity index (χ4v) is 1.55. The van der Waals surface area contributed by atoms with Gasteiger partial charge in [-0.2, -0.15) is 9.97 Å². The van der Waals surface area contributed by atoms with Gasteiger partial charge in [0.15, 0.2) is 0 Å². The van der Waals surface area contributed by atoms with E-state index < -0.39 is 0 Å². The van der Waals surface area contributed by atoms with Crippen molar-refractivity contribution in [2.75, 3.05) is 65.0 Å². The van der Waals surface area contributed by atoms with E-state index in [-0.39, 0.29) is 11.6 Å². The van der Waals surface area contributed by atoms with Crippen molar-refractivity contribution < 1.29 is 9.05 Å². The maximum Gasteiger partial charge on any atom is 0.321 e. The Morgan fingerprint density at radius 2 is 1.18 bits per heavy atom. The van der Waals surface area contributed by atoms with E-state index in [1.54, 1.807) is 0 Å². The van der Waals surface area contributed by atoms with Crippen LogP contribution in [0.2, 0.25) is 0 Å². The summed E-state index contributed by atoms with van der Waals surface area (Å²) in [5.74, 6) is 0.577. The summed E-state index contributed by atoms with van der Waals surface area (Å²) in [6.07, 6.45) is 0. The van der Waals surface area contributed by atoms with Gasteiger partial charge < -0.3 is 29.5 Å². The minimum atomic E-state index is 0.289. The number of rotatable bonds is 9. The summed E-state index contributed by atoms with van der Waals surface area (Å²) in [7, 11) is 7.96. The highest BCUT2D eigenvalue weighted by atomic mass is 16.5. The number of likely N-dealkylation sites (N-methyl/N-ethyl adjacent to an activating group) is 2. The number of nitrogens with zero attached hydrogens (tertiary/aromatic N) is 6. The van der Waals surface area contributed by atoms with Gasteiger partial charge in [0.2, 0.25) is 11.6 Å². The van der Waals surface area contributed by atoms with Gasteiger partial charge in [-0.15, -0.1) is 0 Å². The van der Waals surface area contributed by atoms with E-state index >= 15 is 0 Å². The summed E-state index contributed by atoms with van der Waals surface area (Å²) in [6, 6.07) is 0.674. The highest BCUT2D eigenvalue weighted by Gasteiger charge is 2.15. The predicted molar refractivity (Wildman–Crippen MR) is 81.7 cm³/mol. The van der Waals surface area contributed by atoms with Crippen molar-refractivity contribution in [1.82, 2.24) is 30.1 Å². The maximum atomic E-state index is 5.08. The molecule has 10 heteroatoms. The predicted octanol–water partition coefficient (Wildman–Crippen LogP) is 0.0666. The molecule has 0 aliphatic carbocycles. The Morgan fingerprint density at radius 1 is 0.773 bits per heavy atom. The van der Waals surface area contributed by atoms with Gasteiger partial charge in [0.25, 0.3) is 0 Å². The van der Waals surface area contributed by atoms with Crippen LogP contribution in [0.25, 0.3) is 11.6 Å². The molecule has 0 atom stereocenters. The molecule has 0 aliphatic rings. The third-order valence-electron chi connectivity index (χ3n) is 2.72. The lowest BCUT2D eigenvalue weighted by molar-refractivity contribution is 0.406. The molecule has 0 unspecified atom stereocenters. The summed E-state index contributed by atoms with van der Waals surface area (Å²) < 4.78 is 10.2. The molecule has 2 N–H and O–H groups in total. The van der Waals surface area contributed by atoms with Gasteiger partial charge >= 0.3 is 12.0 Å². The van der Waals surface area contributed by atoms with E-state index in [0.29, 0.717) is 25.1 Å². The van der Waals surface area contributed by atoms with Crippen molar-refractivity contribution in [2.24, 2.45) is 0 Å². The lowest BCUT2D eigenvalue weighted by Gasteiger charge is -2.08. The molecule has 0 saturated carbocycles. The van der Waals surface area contributed by atoms with Gasteiger partial charge in [0.1, 0.15) is 0 Å². The second-order valence-corrected chi connectivity index (χ2v) is 5.31. The molecule has 2 heterocycles. The SMILES string of the molecule is CN(C)CCNc1nc(-c2noc(NCCN(C)C)n2)no1. The van der Waals surface area contributed by atoms with Crippen molar-refractivity contribution in [1.29, 1.82) is 0 Å². The molecule has 0 amide bonds. The molecule has 2 aromatic heterocycles. The fourth-order valence-electron chi connectivity index (χ4n) is 1.55.